The van der Waals surface area contributed by atoms with Crippen LogP contribution in [0.4, 0.5) is 11.4 Å². The lowest BCUT2D eigenvalue weighted by Gasteiger charge is -2.18. The van der Waals surface area contributed by atoms with Crippen LogP contribution in [0.2, 0.25) is 0 Å². The Morgan fingerprint density at radius 1 is 1.13 bits per heavy atom. The lowest BCUT2D eigenvalue weighted by atomic mass is 10.1. The average molecular weight is 420 g/mol. The lowest BCUT2D eigenvalue weighted by molar-refractivity contribution is -0.122. The Bertz CT molecular complexity index is 1240. The predicted molar refractivity (Wildman–Crippen MR) is 113 cm³/mol. The molecule has 3 aromatic rings. The third-order valence-corrected chi connectivity index (χ3v) is 5.53. The number of imidazole rings is 1. The monoisotopic (exact) mass is 420 g/mol. The number of hydrogen-bond donors (Lipinski definition) is 2. The van der Waals surface area contributed by atoms with Crippen LogP contribution < -0.4 is 25.4 Å². The first-order valence-electron chi connectivity index (χ1n) is 9.88. The standard InChI is InChI=1S/C22H20N4O5/c1-13-10-23-22(29)26(13)17-5-3-2-4-16(17)24-21(28)14-8-20(27)25(11-14)15-6-7-18-19(9-15)31-12-30-18/h2-7,9-10,14H,8,11-12H2,1H3,(H,23,29)(H,24,28). The molecule has 31 heavy (non-hydrogen) atoms. The summed E-state index contributed by atoms with van der Waals surface area (Å²) < 4.78 is 12.2. The molecule has 1 fully saturated rings. The molecule has 3 heterocycles. The van der Waals surface area contributed by atoms with E-state index in [4.69, 9.17) is 9.47 Å². The number of aryl methyl sites for hydroxylation is 1. The van der Waals surface area contributed by atoms with Crippen molar-refractivity contribution >= 4 is 23.2 Å². The largest absolute Gasteiger partial charge is 0.454 e. The molecule has 0 bridgehead atoms. The van der Waals surface area contributed by atoms with Gasteiger partial charge >= 0.3 is 5.69 Å². The van der Waals surface area contributed by atoms with E-state index in [0.29, 0.717) is 28.6 Å². The van der Waals surface area contributed by atoms with Crippen molar-refractivity contribution < 1.29 is 19.1 Å². The van der Waals surface area contributed by atoms with E-state index < -0.39 is 5.92 Å². The van der Waals surface area contributed by atoms with Crippen LogP contribution in [0.3, 0.4) is 0 Å². The van der Waals surface area contributed by atoms with Crippen molar-refractivity contribution in [2.45, 2.75) is 13.3 Å². The Balaban J connectivity index is 1.36. The van der Waals surface area contributed by atoms with Crippen LogP contribution in [0.15, 0.2) is 53.5 Å². The summed E-state index contributed by atoms with van der Waals surface area (Å²) in [6, 6.07) is 12.4. The van der Waals surface area contributed by atoms with Gasteiger partial charge in [-0.2, -0.15) is 0 Å². The zero-order valence-corrected chi connectivity index (χ0v) is 16.8. The number of anilines is 2. The van der Waals surface area contributed by atoms with Crippen molar-refractivity contribution in [1.29, 1.82) is 0 Å². The SMILES string of the molecule is Cc1c[nH]c(=O)n1-c1ccccc1NC(=O)C1CC(=O)N(c2ccc3c(c2)OCO3)C1. The fraction of sp³-hybridized carbons (Fsp3) is 0.227. The predicted octanol–water partition coefficient (Wildman–Crippen LogP) is 2.19. The number of rotatable bonds is 4. The van der Waals surface area contributed by atoms with Gasteiger partial charge in [-0.15, -0.1) is 0 Å². The van der Waals surface area contributed by atoms with Crippen LogP contribution >= 0.6 is 0 Å². The summed E-state index contributed by atoms with van der Waals surface area (Å²) in [5.74, 6) is 0.293. The Hall–Kier alpha value is -4.01. The van der Waals surface area contributed by atoms with Crippen LogP contribution in [-0.2, 0) is 9.59 Å². The number of carbonyl (C=O) groups is 2. The Morgan fingerprint density at radius 2 is 1.94 bits per heavy atom. The van der Waals surface area contributed by atoms with Crippen LogP contribution in [-0.4, -0.2) is 34.7 Å². The van der Waals surface area contributed by atoms with Gasteiger partial charge in [0.25, 0.3) is 0 Å². The summed E-state index contributed by atoms with van der Waals surface area (Å²) >= 11 is 0. The maximum atomic E-state index is 13.0. The second kappa shape index (κ2) is 7.35. The highest BCUT2D eigenvalue weighted by Gasteiger charge is 2.36. The average Bonchev–Trinajstić information content (AvgIpc) is 3.47. The second-order valence-corrected chi connectivity index (χ2v) is 7.52. The van der Waals surface area contributed by atoms with E-state index in [9.17, 15) is 14.4 Å². The van der Waals surface area contributed by atoms with Crippen molar-refractivity contribution in [1.82, 2.24) is 9.55 Å². The number of amides is 2. The van der Waals surface area contributed by atoms with Crippen molar-refractivity contribution in [2.24, 2.45) is 5.92 Å². The Labute approximate surface area is 177 Å². The van der Waals surface area contributed by atoms with E-state index in [0.717, 1.165) is 5.69 Å². The van der Waals surface area contributed by atoms with Crippen LogP contribution in [0, 0.1) is 12.8 Å². The summed E-state index contributed by atoms with van der Waals surface area (Å²) in [6.07, 6.45) is 1.71. The normalized spacial score (nSPS) is 17.3. The molecule has 2 aliphatic rings. The fourth-order valence-electron chi connectivity index (χ4n) is 3.95. The van der Waals surface area contributed by atoms with Gasteiger partial charge in [0.15, 0.2) is 11.5 Å². The smallest absolute Gasteiger partial charge is 0.330 e. The first-order chi connectivity index (χ1) is 15.0. The summed E-state index contributed by atoms with van der Waals surface area (Å²) in [7, 11) is 0. The van der Waals surface area contributed by atoms with E-state index in [1.54, 1.807) is 60.5 Å². The van der Waals surface area contributed by atoms with E-state index in [1.807, 2.05) is 0 Å². The van der Waals surface area contributed by atoms with E-state index in [2.05, 4.69) is 10.3 Å². The molecule has 2 aromatic carbocycles. The number of aromatic amines is 1. The minimum atomic E-state index is -0.518. The van der Waals surface area contributed by atoms with Gasteiger partial charge in [0, 0.05) is 36.6 Å². The number of aromatic nitrogens is 2. The molecule has 9 heteroatoms. The van der Waals surface area contributed by atoms with Crippen molar-refractivity contribution in [3.63, 3.8) is 0 Å². The number of ether oxygens (including phenoxy) is 2. The number of benzene rings is 2. The molecule has 0 aliphatic carbocycles. The van der Waals surface area contributed by atoms with Gasteiger partial charge in [-0.1, -0.05) is 12.1 Å². The molecule has 1 atom stereocenters. The first kappa shape index (κ1) is 19.0. The van der Waals surface area contributed by atoms with E-state index in [1.165, 1.54) is 4.57 Å². The molecule has 158 valence electrons. The number of para-hydroxylation sites is 2. The van der Waals surface area contributed by atoms with Crippen LogP contribution in [0.5, 0.6) is 11.5 Å². The summed E-state index contributed by atoms with van der Waals surface area (Å²) in [5.41, 5.74) is 2.17. The molecule has 0 radical (unpaired) electrons. The molecule has 2 N–H and O–H groups in total. The van der Waals surface area contributed by atoms with E-state index >= 15 is 0 Å². The van der Waals surface area contributed by atoms with Gasteiger partial charge in [0.2, 0.25) is 18.6 Å². The molecule has 1 saturated heterocycles. The molecule has 0 saturated carbocycles. The highest BCUT2D eigenvalue weighted by Crippen LogP contribution is 2.37. The van der Waals surface area contributed by atoms with Gasteiger partial charge in [-0.25, -0.2) is 4.79 Å². The molecule has 2 amide bonds. The lowest BCUT2D eigenvalue weighted by Crippen LogP contribution is -2.28. The van der Waals surface area contributed by atoms with Gasteiger partial charge in [0.1, 0.15) is 0 Å². The van der Waals surface area contributed by atoms with Crippen molar-refractivity contribution in [3.8, 4) is 17.2 Å². The molecular weight excluding hydrogens is 400 g/mol. The van der Waals surface area contributed by atoms with Crippen molar-refractivity contribution in [3.05, 3.63) is 64.8 Å². The van der Waals surface area contributed by atoms with Crippen LogP contribution in [0.25, 0.3) is 5.69 Å². The first-order valence-corrected chi connectivity index (χ1v) is 9.88. The maximum absolute atomic E-state index is 13.0. The highest BCUT2D eigenvalue weighted by molar-refractivity contribution is 6.04. The number of fused-ring (bicyclic) bond motifs is 1. The van der Waals surface area contributed by atoms with Gasteiger partial charge in [0.05, 0.1) is 17.3 Å². The number of nitrogens with zero attached hydrogens (tertiary/aromatic N) is 2. The Kier molecular flexibility index (Phi) is 4.50. The molecule has 1 unspecified atom stereocenters. The number of nitrogens with one attached hydrogen (secondary N) is 2. The van der Waals surface area contributed by atoms with E-state index in [-0.39, 0.29) is 37.3 Å². The molecule has 5 rings (SSSR count). The fourth-order valence-corrected chi connectivity index (χ4v) is 3.95. The third-order valence-electron chi connectivity index (χ3n) is 5.53. The Morgan fingerprint density at radius 3 is 2.74 bits per heavy atom. The van der Waals surface area contributed by atoms with Gasteiger partial charge < -0.3 is 24.7 Å². The minimum absolute atomic E-state index is 0.103. The summed E-state index contributed by atoms with van der Waals surface area (Å²) in [6.45, 7) is 2.21. The molecule has 0 spiro atoms. The zero-order chi connectivity index (χ0) is 21.5. The van der Waals surface area contributed by atoms with Gasteiger partial charge in [-0.3, -0.25) is 14.2 Å². The molecular formula is C22H20N4O5. The van der Waals surface area contributed by atoms with Crippen LogP contribution in [0.1, 0.15) is 12.1 Å². The topological polar surface area (TPSA) is 106 Å². The second-order valence-electron chi connectivity index (χ2n) is 7.52. The minimum Gasteiger partial charge on any atom is -0.454 e. The maximum Gasteiger partial charge on any atom is 0.330 e. The summed E-state index contributed by atoms with van der Waals surface area (Å²) in [5, 5.41) is 2.89. The summed E-state index contributed by atoms with van der Waals surface area (Å²) in [4.78, 5) is 42.0. The molecule has 1 aromatic heterocycles. The zero-order valence-electron chi connectivity index (χ0n) is 16.8. The number of H-pyrrole nitrogens is 1. The molecule has 9 nitrogen and oxygen atoms in total. The van der Waals surface area contributed by atoms with Gasteiger partial charge in [-0.05, 0) is 31.2 Å². The molecule has 2 aliphatic heterocycles. The quantitative estimate of drug-likeness (QED) is 0.673. The third kappa shape index (κ3) is 3.33. The highest BCUT2D eigenvalue weighted by atomic mass is 16.7. The number of hydrogen-bond acceptors (Lipinski definition) is 5. The number of carbonyl (C=O) groups excluding carboxylic acids is 2. The van der Waals surface area contributed by atoms with Crippen molar-refractivity contribution in [2.75, 3.05) is 23.6 Å².